The second kappa shape index (κ2) is 7.78. The molecule has 4 rings (SSSR count). The van der Waals surface area contributed by atoms with E-state index in [0.717, 1.165) is 11.1 Å². The van der Waals surface area contributed by atoms with Crippen molar-refractivity contribution in [3.63, 3.8) is 0 Å². The zero-order chi connectivity index (χ0) is 20.5. The Morgan fingerprint density at radius 1 is 1.00 bits per heavy atom. The van der Waals surface area contributed by atoms with Gasteiger partial charge in [-0.3, -0.25) is 5.32 Å². The summed E-state index contributed by atoms with van der Waals surface area (Å²) < 4.78 is 11.1. The van der Waals surface area contributed by atoms with Crippen LogP contribution in [0.1, 0.15) is 11.1 Å². The third-order valence-electron chi connectivity index (χ3n) is 4.50. The molecule has 29 heavy (non-hydrogen) atoms. The molecular weight excluding hydrogens is 411 g/mol. The molecule has 1 N–H and O–H groups in total. The highest BCUT2D eigenvalue weighted by Crippen LogP contribution is 2.36. The Kier molecular flexibility index (Phi) is 5.18. The summed E-state index contributed by atoms with van der Waals surface area (Å²) in [4.78, 5) is 16.6. The third-order valence-corrected chi connectivity index (χ3v) is 5.13. The van der Waals surface area contributed by atoms with E-state index in [0.29, 0.717) is 44.0 Å². The Hall–Kier alpha value is -3.02. The van der Waals surface area contributed by atoms with Crippen LogP contribution in [0.25, 0.3) is 22.6 Å². The molecule has 0 fully saturated rings. The van der Waals surface area contributed by atoms with E-state index in [1.54, 1.807) is 36.4 Å². The largest absolute Gasteiger partial charge is 0.436 e. The van der Waals surface area contributed by atoms with Crippen molar-refractivity contribution in [2.45, 2.75) is 13.8 Å². The number of nitrogens with zero attached hydrogens (tertiary/aromatic N) is 1. The maximum Gasteiger partial charge on any atom is 0.417 e. The van der Waals surface area contributed by atoms with Gasteiger partial charge in [-0.2, -0.15) is 0 Å². The maximum atomic E-state index is 12.2. The van der Waals surface area contributed by atoms with Crippen molar-refractivity contribution in [1.82, 2.24) is 4.98 Å². The number of hydrogen-bond donors (Lipinski definition) is 1. The van der Waals surface area contributed by atoms with Crippen LogP contribution < -0.4 is 10.1 Å². The zero-order valence-electron chi connectivity index (χ0n) is 15.6. The first kappa shape index (κ1) is 19.3. The second-order valence-corrected chi connectivity index (χ2v) is 7.37. The average Bonchev–Trinajstić information content (AvgIpc) is 3.07. The van der Waals surface area contributed by atoms with E-state index < -0.39 is 6.09 Å². The number of aromatic nitrogens is 1. The van der Waals surface area contributed by atoms with Crippen molar-refractivity contribution in [1.29, 1.82) is 0 Å². The van der Waals surface area contributed by atoms with E-state index in [1.165, 1.54) is 0 Å². The molecule has 0 atom stereocenters. The van der Waals surface area contributed by atoms with Crippen LogP contribution in [0.4, 0.5) is 10.5 Å². The van der Waals surface area contributed by atoms with Gasteiger partial charge in [-0.15, -0.1) is 0 Å². The second-order valence-electron chi connectivity index (χ2n) is 6.56. The van der Waals surface area contributed by atoms with Crippen LogP contribution in [0.3, 0.4) is 0 Å². The molecule has 146 valence electrons. The first-order valence-corrected chi connectivity index (χ1v) is 9.57. The monoisotopic (exact) mass is 426 g/mol. The fourth-order valence-electron chi connectivity index (χ4n) is 2.85. The molecule has 1 heterocycles. The molecule has 4 aromatic rings. The van der Waals surface area contributed by atoms with Crippen LogP contribution in [0.2, 0.25) is 10.0 Å². The van der Waals surface area contributed by atoms with Crippen molar-refractivity contribution < 1.29 is 13.9 Å². The van der Waals surface area contributed by atoms with Gasteiger partial charge in [0.15, 0.2) is 5.58 Å². The summed E-state index contributed by atoms with van der Waals surface area (Å²) in [7, 11) is 0. The van der Waals surface area contributed by atoms with Crippen LogP contribution in [0.15, 0.2) is 59.0 Å². The number of ether oxygens (including phenoxy) is 1. The highest BCUT2D eigenvalue weighted by molar-refractivity contribution is 6.38. The molecule has 0 spiro atoms. The fraction of sp³-hybridized carbons (Fsp3) is 0.0909. The van der Waals surface area contributed by atoms with Gasteiger partial charge < -0.3 is 9.15 Å². The lowest BCUT2D eigenvalue weighted by atomic mass is 10.1. The van der Waals surface area contributed by atoms with Gasteiger partial charge in [0.2, 0.25) is 5.89 Å². The number of carbonyl (C=O) groups excluding carboxylic acids is 1. The summed E-state index contributed by atoms with van der Waals surface area (Å²) in [5, 5.41) is 3.59. The minimum atomic E-state index is -0.592. The summed E-state index contributed by atoms with van der Waals surface area (Å²) in [6, 6.07) is 15.7. The molecule has 0 aliphatic rings. The van der Waals surface area contributed by atoms with Gasteiger partial charge in [0.05, 0.1) is 15.6 Å². The quantitative estimate of drug-likeness (QED) is 0.381. The minimum Gasteiger partial charge on any atom is -0.436 e. The van der Waals surface area contributed by atoms with Gasteiger partial charge in [0.25, 0.3) is 0 Å². The molecule has 0 aliphatic carbocycles. The lowest BCUT2D eigenvalue weighted by Crippen LogP contribution is -2.16. The summed E-state index contributed by atoms with van der Waals surface area (Å²) in [6.45, 7) is 3.99. The molecule has 3 aromatic carbocycles. The van der Waals surface area contributed by atoms with Crippen molar-refractivity contribution in [3.8, 4) is 17.2 Å². The lowest BCUT2D eigenvalue weighted by molar-refractivity contribution is 0.215. The van der Waals surface area contributed by atoms with Crippen molar-refractivity contribution >= 4 is 46.1 Å². The molecule has 0 saturated carbocycles. The van der Waals surface area contributed by atoms with E-state index in [4.69, 9.17) is 32.4 Å². The zero-order valence-corrected chi connectivity index (χ0v) is 17.1. The highest BCUT2D eigenvalue weighted by Gasteiger charge is 2.16. The van der Waals surface area contributed by atoms with E-state index in [9.17, 15) is 4.79 Å². The number of amides is 1. The number of benzene rings is 3. The number of halogens is 2. The molecule has 1 amide bonds. The number of rotatable bonds is 3. The van der Waals surface area contributed by atoms with Crippen LogP contribution in [0.5, 0.6) is 5.75 Å². The predicted octanol–water partition coefficient (Wildman–Crippen LogP) is 7.03. The number of aryl methyl sites for hydroxylation is 2. The van der Waals surface area contributed by atoms with Gasteiger partial charge in [0.1, 0.15) is 11.3 Å². The van der Waals surface area contributed by atoms with Gasteiger partial charge in [-0.25, -0.2) is 9.78 Å². The van der Waals surface area contributed by atoms with Crippen LogP contribution in [0, 0.1) is 13.8 Å². The van der Waals surface area contributed by atoms with Gasteiger partial charge in [0, 0.05) is 11.8 Å². The number of hydrogen-bond acceptors (Lipinski definition) is 4. The summed E-state index contributed by atoms with van der Waals surface area (Å²) in [5.41, 5.74) is 4.45. The number of anilines is 1. The first-order valence-electron chi connectivity index (χ1n) is 8.82. The maximum absolute atomic E-state index is 12.2. The van der Waals surface area contributed by atoms with Crippen molar-refractivity contribution in [2.24, 2.45) is 0 Å². The Balaban J connectivity index is 1.56. The minimum absolute atomic E-state index is 0.298. The highest BCUT2D eigenvalue weighted by atomic mass is 35.5. The van der Waals surface area contributed by atoms with E-state index in [-0.39, 0.29) is 0 Å². The van der Waals surface area contributed by atoms with Crippen molar-refractivity contribution in [2.75, 3.05) is 5.32 Å². The SMILES string of the molecule is Cc1ccc(NC(=O)Oc2ccc3oc(-c4c(Cl)cccc4Cl)nc3c2)cc1C. The van der Waals surface area contributed by atoms with E-state index in [2.05, 4.69) is 10.3 Å². The molecule has 0 saturated heterocycles. The number of oxazole rings is 1. The van der Waals surface area contributed by atoms with Crippen LogP contribution >= 0.6 is 23.2 Å². The van der Waals surface area contributed by atoms with E-state index >= 15 is 0 Å². The number of nitrogens with one attached hydrogen (secondary N) is 1. The Bertz CT molecular complexity index is 1210. The average molecular weight is 427 g/mol. The van der Waals surface area contributed by atoms with E-state index in [1.807, 2.05) is 32.0 Å². The van der Waals surface area contributed by atoms with Gasteiger partial charge in [-0.05, 0) is 61.4 Å². The lowest BCUT2D eigenvalue weighted by Gasteiger charge is -2.08. The Labute approximate surface area is 177 Å². The normalized spacial score (nSPS) is 10.9. The molecule has 7 heteroatoms. The number of fused-ring (bicyclic) bond motifs is 1. The number of carbonyl (C=O) groups is 1. The van der Waals surface area contributed by atoms with Gasteiger partial charge >= 0.3 is 6.09 Å². The standard InChI is InChI=1S/C22H16Cl2N2O3/c1-12-6-7-14(10-13(12)2)25-22(27)28-15-8-9-19-18(11-15)26-21(29-19)20-16(23)4-3-5-17(20)24/h3-11H,1-2H3,(H,25,27). The molecule has 0 radical (unpaired) electrons. The van der Waals surface area contributed by atoms with Crippen LogP contribution in [-0.4, -0.2) is 11.1 Å². The predicted molar refractivity (Wildman–Crippen MR) is 115 cm³/mol. The third kappa shape index (κ3) is 4.06. The molecule has 0 bridgehead atoms. The smallest absolute Gasteiger partial charge is 0.417 e. The van der Waals surface area contributed by atoms with Gasteiger partial charge in [-0.1, -0.05) is 35.3 Å². The topological polar surface area (TPSA) is 64.4 Å². The first-order chi connectivity index (χ1) is 13.9. The summed E-state index contributed by atoms with van der Waals surface area (Å²) in [5.74, 6) is 0.635. The van der Waals surface area contributed by atoms with Crippen LogP contribution in [-0.2, 0) is 0 Å². The molecule has 0 unspecified atom stereocenters. The summed E-state index contributed by atoms with van der Waals surface area (Å²) in [6.07, 6.45) is -0.592. The molecule has 5 nitrogen and oxygen atoms in total. The molecular formula is C22H16Cl2N2O3. The summed E-state index contributed by atoms with van der Waals surface area (Å²) >= 11 is 12.5. The Morgan fingerprint density at radius 2 is 1.76 bits per heavy atom. The molecule has 0 aliphatic heterocycles. The van der Waals surface area contributed by atoms with Crippen molar-refractivity contribution in [3.05, 3.63) is 75.8 Å². The Morgan fingerprint density at radius 3 is 2.48 bits per heavy atom. The molecule has 1 aromatic heterocycles. The fourth-order valence-corrected chi connectivity index (χ4v) is 3.41.